The van der Waals surface area contributed by atoms with Crippen LogP contribution < -0.4 is 4.90 Å². The molecule has 0 aliphatic carbocycles. The zero-order valence-corrected chi connectivity index (χ0v) is 20.9. The maximum absolute atomic E-state index is 13.5. The Morgan fingerprint density at radius 2 is 2.14 bits per heavy atom. The highest BCUT2D eigenvalue weighted by molar-refractivity contribution is 5.95. The summed E-state index contributed by atoms with van der Waals surface area (Å²) < 4.78 is 20.7. The van der Waals surface area contributed by atoms with Gasteiger partial charge in [-0.25, -0.2) is 9.37 Å². The van der Waals surface area contributed by atoms with Crippen LogP contribution in [0.15, 0.2) is 72.2 Å². The second kappa shape index (κ2) is 11.9. The Morgan fingerprint density at radius 3 is 2.83 bits per heavy atom. The van der Waals surface area contributed by atoms with Gasteiger partial charge in [-0.05, 0) is 68.2 Å². The Bertz CT molecular complexity index is 1190. The lowest BCUT2D eigenvalue weighted by Gasteiger charge is -2.34. The molecular formula is C29H33FN4O2. The van der Waals surface area contributed by atoms with Gasteiger partial charge in [0.1, 0.15) is 11.9 Å². The fraction of sp³-hybridized carbons (Fsp3) is 0.379. The molecule has 0 bridgehead atoms. The number of aromatic nitrogens is 2. The predicted octanol–water partition coefficient (Wildman–Crippen LogP) is 4.29. The molecule has 1 aromatic carbocycles. The van der Waals surface area contributed by atoms with Crippen LogP contribution in [0, 0.1) is 25.1 Å². The number of benzene rings is 1. The lowest BCUT2D eigenvalue weighted by molar-refractivity contribution is -0.130. The van der Waals surface area contributed by atoms with Gasteiger partial charge in [-0.1, -0.05) is 18.1 Å². The van der Waals surface area contributed by atoms with Crippen LogP contribution in [-0.2, 0) is 16.1 Å². The van der Waals surface area contributed by atoms with Crippen molar-refractivity contribution in [3.8, 4) is 12.3 Å². The molecule has 36 heavy (non-hydrogen) atoms. The zero-order valence-electron chi connectivity index (χ0n) is 20.9. The Kier molecular flexibility index (Phi) is 8.40. The van der Waals surface area contributed by atoms with E-state index >= 15 is 0 Å². The molecule has 2 aliphatic rings. The smallest absolute Gasteiger partial charge is 0.250 e. The Morgan fingerprint density at radius 1 is 1.33 bits per heavy atom. The van der Waals surface area contributed by atoms with Gasteiger partial charge in [0.15, 0.2) is 0 Å². The number of hydrogen-bond acceptors (Lipinski definition) is 4. The number of likely N-dealkylation sites (tertiary alicyclic amines) is 1. The van der Waals surface area contributed by atoms with Gasteiger partial charge in [-0.3, -0.25) is 4.79 Å². The lowest BCUT2D eigenvalue weighted by Crippen LogP contribution is -2.45. The van der Waals surface area contributed by atoms with E-state index in [4.69, 9.17) is 11.2 Å². The molecule has 2 aliphatic heterocycles. The van der Waals surface area contributed by atoms with E-state index in [0.29, 0.717) is 6.54 Å². The predicted molar refractivity (Wildman–Crippen MR) is 140 cm³/mol. The molecular weight excluding hydrogens is 455 g/mol. The van der Waals surface area contributed by atoms with Crippen molar-refractivity contribution in [1.29, 1.82) is 0 Å². The molecule has 1 aromatic heterocycles. The first-order chi connectivity index (χ1) is 17.5. The van der Waals surface area contributed by atoms with Crippen LogP contribution in [0.3, 0.4) is 0 Å². The molecule has 2 saturated heterocycles. The molecule has 1 amide bonds. The Labute approximate surface area is 212 Å². The van der Waals surface area contributed by atoms with Gasteiger partial charge < -0.3 is 19.1 Å². The summed E-state index contributed by atoms with van der Waals surface area (Å²) in [6.07, 6.45) is 19.2. The Hall–Kier alpha value is -3.63. The van der Waals surface area contributed by atoms with Gasteiger partial charge in [-0.15, -0.1) is 6.42 Å². The van der Waals surface area contributed by atoms with Crippen molar-refractivity contribution in [1.82, 2.24) is 14.5 Å². The highest BCUT2D eigenvalue weighted by Crippen LogP contribution is 2.28. The maximum atomic E-state index is 13.5. The van der Waals surface area contributed by atoms with Crippen molar-refractivity contribution in [3.63, 3.8) is 0 Å². The number of amides is 1. The van der Waals surface area contributed by atoms with Crippen LogP contribution in [0.5, 0.6) is 0 Å². The maximum Gasteiger partial charge on any atom is 0.250 e. The topological polar surface area (TPSA) is 50.6 Å². The summed E-state index contributed by atoms with van der Waals surface area (Å²) >= 11 is 0. The monoisotopic (exact) mass is 488 g/mol. The van der Waals surface area contributed by atoms with Gasteiger partial charge >= 0.3 is 0 Å². The molecule has 0 spiro atoms. The van der Waals surface area contributed by atoms with Crippen LogP contribution in [0.1, 0.15) is 25.0 Å². The number of methoxy groups -OCH3 is 1. The van der Waals surface area contributed by atoms with Gasteiger partial charge in [0.05, 0.1) is 18.1 Å². The van der Waals surface area contributed by atoms with Crippen molar-refractivity contribution >= 4 is 11.6 Å². The average Bonchev–Trinajstić information content (AvgIpc) is 3.53. The summed E-state index contributed by atoms with van der Waals surface area (Å²) in [5.74, 6) is 2.45. The van der Waals surface area contributed by atoms with Gasteiger partial charge in [0.2, 0.25) is 5.91 Å². The zero-order chi connectivity index (χ0) is 25.5. The van der Waals surface area contributed by atoms with Gasteiger partial charge in [-0.2, -0.15) is 0 Å². The van der Waals surface area contributed by atoms with Gasteiger partial charge in [0, 0.05) is 50.7 Å². The molecule has 2 fully saturated rings. The van der Waals surface area contributed by atoms with Crippen LogP contribution in [-0.4, -0.2) is 59.2 Å². The van der Waals surface area contributed by atoms with E-state index in [9.17, 15) is 9.18 Å². The summed E-state index contributed by atoms with van der Waals surface area (Å²) in [5, 5.41) is 0. The first-order valence-corrected chi connectivity index (χ1v) is 12.3. The standard InChI is InChI=1S/C29H33FN4O2/c1-4-28(36-3)18-23(7-5-14-32-19-22(2)31-21-32)17-24-8-6-15-34(29(24)35)27-13-16-33(20-27)26-11-9-25(30)10-12-26/h1,5,7,9-12,17-19,21,27-28H,6,8,13-16,20H2,2-3H3/b7-5-,23-18+,24-17+. The van der Waals surface area contributed by atoms with Crippen molar-refractivity contribution in [2.75, 3.05) is 31.6 Å². The normalized spacial score (nSPS) is 20.9. The van der Waals surface area contributed by atoms with E-state index in [0.717, 1.165) is 61.4 Å². The van der Waals surface area contributed by atoms with Crippen molar-refractivity contribution in [2.24, 2.45) is 0 Å². The third-order valence-electron chi connectivity index (χ3n) is 6.67. The van der Waals surface area contributed by atoms with E-state index in [1.165, 1.54) is 12.1 Å². The van der Waals surface area contributed by atoms with Crippen molar-refractivity contribution in [2.45, 2.75) is 44.9 Å². The number of terminal acetylenes is 1. The molecule has 2 unspecified atom stereocenters. The summed E-state index contributed by atoms with van der Waals surface area (Å²) in [6, 6.07) is 6.69. The second-order valence-corrected chi connectivity index (χ2v) is 9.24. The molecule has 6 nitrogen and oxygen atoms in total. The third-order valence-corrected chi connectivity index (χ3v) is 6.67. The highest BCUT2D eigenvalue weighted by Gasteiger charge is 2.34. The molecule has 2 atom stereocenters. The highest BCUT2D eigenvalue weighted by atomic mass is 19.1. The minimum Gasteiger partial charge on any atom is -0.369 e. The number of carbonyl (C=O) groups is 1. The number of aryl methyl sites for hydroxylation is 1. The minimum atomic E-state index is -0.481. The number of carbonyl (C=O) groups excluding carboxylic acids is 1. The van der Waals surface area contributed by atoms with Crippen LogP contribution in [0.4, 0.5) is 10.1 Å². The van der Waals surface area contributed by atoms with E-state index < -0.39 is 6.10 Å². The lowest BCUT2D eigenvalue weighted by atomic mass is 9.98. The largest absolute Gasteiger partial charge is 0.369 e. The molecule has 188 valence electrons. The number of nitrogens with zero attached hydrogens (tertiary/aromatic N) is 4. The minimum absolute atomic E-state index is 0.0754. The van der Waals surface area contributed by atoms with Crippen LogP contribution in [0.2, 0.25) is 0 Å². The number of rotatable bonds is 8. The first kappa shape index (κ1) is 25.5. The van der Waals surface area contributed by atoms with Crippen LogP contribution >= 0.6 is 0 Å². The second-order valence-electron chi connectivity index (χ2n) is 9.24. The SMILES string of the molecule is C#CC(/C=C(\C=C/Cn1cnc(C)c1)/C=C1\CCCN(C2CCN(c3ccc(F)cc3)C2)C1=O)OC. The number of ether oxygens (including phenoxy) is 1. The Balaban J connectivity index is 1.48. The number of piperidine rings is 1. The fourth-order valence-electron chi connectivity index (χ4n) is 4.79. The molecule has 0 N–H and O–H groups in total. The molecule has 3 heterocycles. The number of halogens is 1. The average molecular weight is 489 g/mol. The van der Waals surface area contributed by atoms with E-state index in [1.54, 1.807) is 25.6 Å². The van der Waals surface area contributed by atoms with E-state index in [-0.39, 0.29) is 17.8 Å². The number of imidazole rings is 1. The van der Waals surface area contributed by atoms with E-state index in [2.05, 4.69) is 15.8 Å². The van der Waals surface area contributed by atoms with Gasteiger partial charge in [0.25, 0.3) is 0 Å². The number of allylic oxidation sites excluding steroid dienone is 4. The molecule has 0 radical (unpaired) electrons. The summed E-state index contributed by atoms with van der Waals surface area (Å²) in [5.41, 5.74) is 3.58. The summed E-state index contributed by atoms with van der Waals surface area (Å²) in [6.45, 7) is 4.96. The number of anilines is 1. The molecule has 4 rings (SSSR count). The summed E-state index contributed by atoms with van der Waals surface area (Å²) in [7, 11) is 1.57. The van der Waals surface area contributed by atoms with Crippen molar-refractivity contribution in [3.05, 3.63) is 83.8 Å². The quantitative estimate of drug-likeness (QED) is 0.316. The molecule has 2 aromatic rings. The summed E-state index contributed by atoms with van der Waals surface area (Å²) in [4.78, 5) is 22.0. The molecule has 0 saturated carbocycles. The fourth-order valence-corrected chi connectivity index (χ4v) is 4.79. The van der Waals surface area contributed by atoms with Crippen LogP contribution in [0.25, 0.3) is 0 Å². The molecule has 7 heteroatoms. The third kappa shape index (κ3) is 6.32. The van der Waals surface area contributed by atoms with E-state index in [1.807, 2.05) is 46.9 Å². The first-order valence-electron chi connectivity index (χ1n) is 12.3. The van der Waals surface area contributed by atoms with Crippen molar-refractivity contribution < 1.29 is 13.9 Å². The number of hydrogen-bond donors (Lipinski definition) is 0.